The van der Waals surface area contributed by atoms with Crippen molar-refractivity contribution in [3.63, 3.8) is 0 Å². The van der Waals surface area contributed by atoms with Gasteiger partial charge in [0.05, 0.1) is 10.8 Å². The zero-order valence-electron chi connectivity index (χ0n) is 12.5. The van der Waals surface area contributed by atoms with Crippen molar-refractivity contribution in [1.29, 1.82) is 0 Å². The molecule has 2 rings (SSSR count). The molecule has 0 unspecified atom stereocenters. The minimum atomic E-state index is -0.880. The Morgan fingerprint density at radius 2 is 1.86 bits per heavy atom. The van der Waals surface area contributed by atoms with Crippen LogP contribution in [0.2, 0.25) is 0 Å². The van der Waals surface area contributed by atoms with Crippen LogP contribution in [0.25, 0.3) is 0 Å². The average Bonchev–Trinajstić information content (AvgIpc) is 2.82. The van der Waals surface area contributed by atoms with E-state index in [0.717, 1.165) is 5.56 Å². The predicted molar refractivity (Wildman–Crippen MR) is 76.4 cm³/mol. The number of hydrogen-bond donors (Lipinski definition) is 1. The molecule has 114 valence electrons. The lowest BCUT2D eigenvalue weighted by Gasteiger charge is -2.30. The van der Waals surface area contributed by atoms with Crippen molar-refractivity contribution < 1.29 is 19.1 Å². The standard InChI is InChI=1S/C16H20FNO3/c1-15(2,11-4-6-12(17)7-5-11)13(19)18-9-8-16(3,10-18)14(20)21/h4-7H,8-10H2,1-3H3,(H,20,21)/t16-/m0/s1. The van der Waals surface area contributed by atoms with Crippen LogP contribution in [-0.2, 0) is 15.0 Å². The van der Waals surface area contributed by atoms with Gasteiger partial charge in [-0.25, -0.2) is 4.39 Å². The summed E-state index contributed by atoms with van der Waals surface area (Å²) in [5, 5.41) is 9.24. The van der Waals surface area contributed by atoms with Crippen molar-refractivity contribution >= 4 is 11.9 Å². The van der Waals surface area contributed by atoms with E-state index in [-0.39, 0.29) is 18.3 Å². The van der Waals surface area contributed by atoms with Crippen LogP contribution in [0, 0.1) is 11.2 Å². The fourth-order valence-corrected chi connectivity index (χ4v) is 2.69. The summed E-state index contributed by atoms with van der Waals surface area (Å²) >= 11 is 0. The Kier molecular flexibility index (Phi) is 3.78. The molecule has 1 saturated heterocycles. The second-order valence-electron chi connectivity index (χ2n) is 6.47. The zero-order valence-corrected chi connectivity index (χ0v) is 12.5. The van der Waals surface area contributed by atoms with Crippen LogP contribution in [0.5, 0.6) is 0 Å². The molecule has 1 aromatic carbocycles. The number of rotatable bonds is 3. The number of amides is 1. The fraction of sp³-hybridized carbons (Fsp3) is 0.500. The van der Waals surface area contributed by atoms with E-state index in [2.05, 4.69) is 0 Å². The summed E-state index contributed by atoms with van der Waals surface area (Å²) in [7, 11) is 0. The molecule has 1 amide bonds. The maximum atomic E-state index is 13.0. The van der Waals surface area contributed by atoms with E-state index in [4.69, 9.17) is 0 Å². The third-order valence-corrected chi connectivity index (χ3v) is 4.38. The van der Waals surface area contributed by atoms with E-state index in [1.54, 1.807) is 37.8 Å². The van der Waals surface area contributed by atoms with E-state index in [1.807, 2.05) is 0 Å². The minimum absolute atomic E-state index is 0.126. The third-order valence-electron chi connectivity index (χ3n) is 4.38. The van der Waals surface area contributed by atoms with E-state index in [0.29, 0.717) is 13.0 Å². The number of halogens is 1. The average molecular weight is 293 g/mol. The van der Waals surface area contributed by atoms with Gasteiger partial charge in [-0.3, -0.25) is 9.59 Å². The first kappa shape index (κ1) is 15.5. The quantitative estimate of drug-likeness (QED) is 0.931. The number of carboxylic acids is 1. The Hall–Kier alpha value is -1.91. The lowest BCUT2D eigenvalue weighted by Crippen LogP contribution is -2.44. The van der Waals surface area contributed by atoms with Gasteiger partial charge in [0.2, 0.25) is 5.91 Å². The normalized spacial score (nSPS) is 22.4. The van der Waals surface area contributed by atoms with Crippen molar-refractivity contribution in [2.24, 2.45) is 5.41 Å². The maximum Gasteiger partial charge on any atom is 0.311 e. The van der Waals surface area contributed by atoms with Crippen molar-refractivity contribution in [1.82, 2.24) is 4.90 Å². The summed E-state index contributed by atoms with van der Waals surface area (Å²) in [6.07, 6.45) is 0.452. The Bertz CT molecular complexity index is 567. The molecule has 1 N–H and O–H groups in total. The smallest absolute Gasteiger partial charge is 0.311 e. The molecule has 21 heavy (non-hydrogen) atoms. The van der Waals surface area contributed by atoms with Crippen LogP contribution in [0.3, 0.4) is 0 Å². The summed E-state index contributed by atoms with van der Waals surface area (Å²) < 4.78 is 13.0. The highest BCUT2D eigenvalue weighted by atomic mass is 19.1. The molecule has 1 atom stereocenters. The van der Waals surface area contributed by atoms with Crippen LogP contribution in [0.4, 0.5) is 4.39 Å². The second-order valence-corrected chi connectivity index (χ2v) is 6.47. The number of carboxylic acid groups (broad SMARTS) is 1. The molecule has 1 fully saturated rings. The van der Waals surface area contributed by atoms with Crippen LogP contribution >= 0.6 is 0 Å². The van der Waals surface area contributed by atoms with Gasteiger partial charge in [0.25, 0.3) is 0 Å². The number of likely N-dealkylation sites (tertiary alicyclic amines) is 1. The van der Waals surface area contributed by atoms with Gasteiger partial charge in [-0.1, -0.05) is 12.1 Å². The lowest BCUT2D eigenvalue weighted by molar-refractivity contribution is -0.147. The molecule has 1 aliphatic rings. The van der Waals surface area contributed by atoms with Gasteiger partial charge < -0.3 is 10.0 Å². The molecule has 0 aliphatic carbocycles. The summed E-state index contributed by atoms with van der Waals surface area (Å²) in [5.41, 5.74) is -0.968. The van der Waals surface area contributed by atoms with Crippen LogP contribution in [0.15, 0.2) is 24.3 Å². The minimum Gasteiger partial charge on any atom is -0.481 e. The van der Waals surface area contributed by atoms with Crippen LogP contribution in [0.1, 0.15) is 32.8 Å². The maximum absolute atomic E-state index is 13.0. The second kappa shape index (κ2) is 5.13. The van der Waals surface area contributed by atoms with Gasteiger partial charge in [0.15, 0.2) is 0 Å². The summed E-state index contributed by atoms with van der Waals surface area (Å²) in [6, 6.07) is 5.85. The number of hydrogen-bond acceptors (Lipinski definition) is 2. The highest BCUT2D eigenvalue weighted by Crippen LogP contribution is 2.34. The molecule has 5 heteroatoms. The monoisotopic (exact) mass is 293 g/mol. The molecule has 1 heterocycles. The van der Waals surface area contributed by atoms with Crippen molar-refractivity contribution in [3.8, 4) is 0 Å². The van der Waals surface area contributed by atoms with Gasteiger partial charge in [0, 0.05) is 13.1 Å². The Morgan fingerprint density at radius 3 is 2.33 bits per heavy atom. The molecule has 0 spiro atoms. The molecule has 0 aromatic heterocycles. The molecular weight excluding hydrogens is 273 g/mol. The van der Waals surface area contributed by atoms with E-state index in [9.17, 15) is 19.1 Å². The van der Waals surface area contributed by atoms with Crippen LogP contribution in [-0.4, -0.2) is 35.0 Å². The SMILES string of the molecule is CC(C)(C(=O)N1CC[C@](C)(C(=O)O)C1)c1ccc(F)cc1. The summed E-state index contributed by atoms with van der Waals surface area (Å²) in [5.74, 6) is -1.35. The van der Waals surface area contributed by atoms with Gasteiger partial charge in [-0.05, 0) is 44.9 Å². The third kappa shape index (κ3) is 2.77. The van der Waals surface area contributed by atoms with Crippen molar-refractivity contribution in [3.05, 3.63) is 35.6 Å². The molecule has 0 bridgehead atoms. The number of nitrogens with zero attached hydrogens (tertiary/aromatic N) is 1. The zero-order chi connectivity index (χ0) is 15.8. The lowest BCUT2D eigenvalue weighted by atomic mass is 9.83. The van der Waals surface area contributed by atoms with Gasteiger partial charge in [-0.2, -0.15) is 0 Å². The highest BCUT2D eigenvalue weighted by molar-refractivity contribution is 5.88. The van der Waals surface area contributed by atoms with Gasteiger partial charge >= 0.3 is 5.97 Å². The number of aliphatic carboxylic acids is 1. The highest BCUT2D eigenvalue weighted by Gasteiger charge is 2.45. The van der Waals surface area contributed by atoms with Crippen molar-refractivity contribution in [2.45, 2.75) is 32.6 Å². The van der Waals surface area contributed by atoms with Gasteiger partial charge in [-0.15, -0.1) is 0 Å². The predicted octanol–water partition coefficient (Wildman–Crippen LogP) is 2.43. The number of carbonyl (C=O) groups is 2. The van der Waals surface area contributed by atoms with Gasteiger partial charge in [0.1, 0.15) is 5.82 Å². The van der Waals surface area contributed by atoms with E-state index in [1.165, 1.54) is 12.1 Å². The number of benzene rings is 1. The molecule has 4 nitrogen and oxygen atoms in total. The number of carbonyl (C=O) groups excluding carboxylic acids is 1. The molecular formula is C16H20FNO3. The first-order chi connectivity index (χ1) is 9.67. The summed E-state index contributed by atoms with van der Waals surface area (Å²) in [6.45, 7) is 5.86. The molecule has 1 aromatic rings. The summed E-state index contributed by atoms with van der Waals surface area (Å²) in [4.78, 5) is 25.6. The molecule has 1 aliphatic heterocycles. The molecule has 0 radical (unpaired) electrons. The Morgan fingerprint density at radius 1 is 1.29 bits per heavy atom. The van der Waals surface area contributed by atoms with Crippen molar-refractivity contribution in [2.75, 3.05) is 13.1 Å². The van der Waals surface area contributed by atoms with E-state index >= 15 is 0 Å². The first-order valence-electron chi connectivity index (χ1n) is 6.96. The Balaban J connectivity index is 2.20. The topological polar surface area (TPSA) is 57.6 Å². The van der Waals surface area contributed by atoms with Crippen LogP contribution < -0.4 is 0 Å². The first-order valence-corrected chi connectivity index (χ1v) is 6.96. The fourth-order valence-electron chi connectivity index (χ4n) is 2.69. The Labute approximate surface area is 123 Å². The molecule has 0 saturated carbocycles. The largest absolute Gasteiger partial charge is 0.481 e. The van der Waals surface area contributed by atoms with E-state index < -0.39 is 16.8 Å².